The van der Waals surface area contributed by atoms with E-state index < -0.39 is 0 Å². The van der Waals surface area contributed by atoms with Crippen LogP contribution in [0.4, 0.5) is 5.82 Å². The lowest BCUT2D eigenvalue weighted by Crippen LogP contribution is -2.46. The Kier molecular flexibility index (Phi) is 5.11. The zero-order chi connectivity index (χ0) is 20.5. The number of aromatic nitrogens is 4. The van der Waals surface area contributed by atoms with Gasteiger partial charge in [0.1, 0.15) is 12.1 Å². The second-order valence-corrected chi connectivity index (χ2v) is 8.62. The summed E-state index contributed by atoms with van der Waals surface area (Å²) >= 11 is 0. The number of nitrogens with zero attached hydrogens (tertiary/aromatic N) is 6. The van der Waals surface area contributed by atoms with E-state index in [0.29, 0.717) is 24.4 Å². The first-order chi connectivity index (χ1) is 14.7. The number of rotatable bonds is 6. The SMILES string of the molecule is CC(C1CC1)N(Cc1ccccc1)C(=O)C1CCN(c2ccc3nncn3n2)CC1. The largest absolute Gasteiger partial charge is 0.355 e. The van der Waals surface area contributed by atoms with Crippen LogP contribution in [0, 0.1) is 11.8 Å². The van der Waals surface area contributed by atoms with Gasteiger partial charge in [-0.25, -0.2) is 0 Å². The average molecular weight is 405 g/mol. The van der Waals surface area contributed by atoms with Gasteiger partial charge in [0.05, 0.1) is 0 Å². The lowest BCUT2D eigenvalue weighted by molar-refractivity contribution is -0.139. The molecule has 1 aliphatic carbocycles. The molecule has 1 aromatic carbocycles. The van der Waals surface area contributed by atoms with E-state index in [2.05, 4.69) is 56.3 Å². The topological polar surface area (TPSA) is 66.6 Å². The number of hydrogen-bond donors (Lipinski definition) is 0. The molecule has 1 amide bonds. The normalized spacial score (nSPS) is 18.5. The summed E-state index contributed by atoms with van der Waals surface area (Å²) in [5.41, 5.74) is 1.96. The molecule has 2 fully saturated rings. The van der Waals surface area contributed by atoms with Gasteiger partial charge in [-0.3, -0.25) is 4.79 Å². The first-order valence-corrected chi connectivity index (χ1v) is 11.0. The van der Waals surface area contributed by atoms with Gasteiger partial charge in [0.2, 0.25) is 5.91 Å². The number of carbonyl (C=O) groups is 1. The quantitative estimate of drug-likeness (QED) is 0.631. The Balaban J connectivity index is 1.26. The molecule has 7 nitrogen and oxygen atoms in total. The summed E-state index contributed by atoms with van der Waals surface area (Å²) in [4.78, 5) is 17.9. The van der Waals surface area contributed by atoms with Crippen molar-refractivity contribution in [1.29, 1.82) is 0 Å². The highest BCUT2D eigenvalue weighted by Crippen LogP contribution is 2.37. The standard InChI is InChI=1S/C23H28N6O/c1-17(19-7-8-19)28(15-18-5-3-2-4-6-18)23(30)20-11-13-27(14-12-20)22-10-9-21-25-24-16-29(21)26-22/h2-6,9-10,16-17,19-20H,7-8,11-15H2,1H3. The molecule has 0 radical (unpaired) electrons. The highest BCUT2D eigenvalue weighted by Gasteiger charge is 2.37. The van der Waals surface area contributed by atoms with Crippen molar-refractivity contribution in [2.24, 2.45) is 11.8 Å². The van der Waals surface area contributed by atoms with Crippen molar-refractivity contribution in [2.75, 3.05) is 18.0 Å². The van der Waals surface area contributed by atoms with Gasteiger partial charge >= 0.3 is 0 Å². The molecule has 2 aromatic heterocycles. The molecule has 3 aromatic rings. The minimum Gasteiger partial charge on any atom is -0.355 e. The number of carbonyl (C=O) groups excluding carboxylic acids is 1. The van der Waals surface area contributed by atoms with Gasteiger partial charge in [-0.05, 0) is 56.2 Å². The van der Waals surface area contributed by atoms with E-state index in [1.165, 1.54) is 18.4 Å². The Hall–Kier alpha value is -2.96. The Bertz CT molecular complexity index is 1010. The third kappa shape index (κ3) is 3.88. The maximum atomic E-state index is 13.5. The molecule has 3 heterocycles. The smallest absolute Gasteiger partial charge is 0.226 e. The molecule has 0 bridgehead atoms. The predicted molar refractivity (Wildman–Crippen MR) is 115 cm³/mol. The van der Waals surface area contributed by atoms with Crippen LogP contribution in [-0.2, 0) is 11.3 Å². The zero-order valence-electron chi connectivity index (χ0n) is 17.4. The molecule has 0 spiro atoms. The van der Waals surface area contributed by atoms with Crippen LogP contribution < -0.4 is 4.90 Å². The van der Waals surface area contributed by atoms with Crippen LogP contribution in [0.15, 0.2) is 48.8 Å². The third-order valence-corrected chi connectivity index (χ3v) is 6.59. The second kappa shape index (κ2) is 8.05. The Morgan fingerprint density at radius 3 is 2.60 bits per heavy atom. The van der Waals surface area contributed by atoms with E-state index in [4.69, 9.17) is 0 Å². The van der Waals surface area contributed by atoms with Crippen molar-refractivity contribution in [1.82, 2.24) is 24.7 Å². The van der Waals surface area contributed by atoms with Crippen molar-refractivity contribution < 1.29 is 4.79 Å². The average Bonchev–Trinajstić information content (AvgIpc) is 3.54. The molecule has 7 heteroatoms. The van der Waals surface area contributed by atoms with E-state index in [-0.39, 0.29) is 5.92 Å². The van der Waals surface area contributed by atoms with Crippen molar-refractivity contribution in [3.63, 3.8) is 0 Å². The fourth-order valence-electron chi connectivity index (χ4n) is 4.51. The highest BCUT2D eigenvalue weighted by molar-refractivity contribution is 5.79. The van der Waals surface area contributed by atoms with E-state index in [0.717, 1.165) is 37.4 Å². The van der Waals surface area contributed by atoms with Gasteiger partial charge in [-0.1, -0.05) is 30.3 Å². The van der Waals surface area contributed by atoms with Gasteiger partial charge in [0.15, 0.2) is 5.65 Å². The van der Waals surface area contributed by atoms with Crippen molar-refractivity contribution in [3.05, 3.63) is 54.4 Å². The molecule has 1 saturated carbocycles. The Labute approximate surface area is 176 Å². The lowest BCUT2D eigenvalue weighted by Gasteiger charge is -2.37. The molecule has 0 N–H and O–H groups in total. The van der Waals surface area contributed by atoms with E-state index in [1.54, 1.807) is 10.8 Å². The zero-order valence-corrected chi connectivity index (χ0v) is 17.4. The van der Waals surface area contributed by atoms with Crippen LogP contribution in [0.3, 0.4) is 0 Å². The molecular weight excluding hydrogens is 376 g/mol. The molecule has 1 aliphatic heterocycles. The van der Waals surface area contributed by atoms with Crippen LogP contribution in [0.5, 0.6) is 0 Å². The number of hydrogen-bond acceptors (Lipinski definition) is 5. The number of piperidine rings is 1. The minimum atomic E-state index is 0.0878. The van der Waals surface area contributed by atoms with Crippen LogP contribution >= 0.6 is 0 Å². The molecule has 1 saturated heterocycles. The molecule has 156 valence electrons. The number of anilines is 1. The van der Waals surface area contributed by atoms with Gasteiger partial charge in [0, 0.05) is 31.6 Å². The fourth-order valence-corrected chi connectivity index (χ4v) is 4.51. The van der Waals surface area contributed by atoms with Crippen molar-refractivity contribution in [2.45, 2.75) is 45.2 Å². The maximum Gasteiger partial charge on any atom is 0.226 e. The monoisotopic (exact) mass is 404 g/mol. The highest BCUT2D eigenvalue weighted by atomic mass is 16.2. The fraction of sp³-hybridized carbons (Fsp3) is 0.478. The first-order valence-electron chi connectivity index (χ1n) is 11.0. The van der Waals surface area contributed by atoms with E-state index >= 15 is 0 Å². The molecule has 2 aliphatic rings. The van der Waals surface area contributed by atoms with Crippen LogP contribution in [-0.4, -0.2) is 49.7 Å². The summed E-state index contributed by atoms with van der Waals surface area (Å²) in [6, 6.07) is 14.6. The lowest BCUT2D eigenvalue weighted by atomic mass is 9.94. The second-order valence-electron chi connectivity index (χ2n) is 8.62. The van der Waals surface area contributed by atoms with Crippen molar-refractivity contribution in [3.8, 4) is 0 Å². The summed E-state index contributed by atoms with van der Waals surface area (Å²) in [7, 11) is 0. The maximum absolute atomic E-state index is 13.5. The number of fused-ring (bicyclic) bond motifs is 1. The Morgan fingerprint density at radius 1 is 1.10 bits per heavy atom. The van der Waals surface area contributed by atoms with Gasteiger partial charge < -0.3 is 9.80 Å². The number of amides is 1. The summed E-state index contributed by atoms with van der Waals surface area (Å²) in [6.07, 6.45) is 5.84. The van der Waals surface area contributed by atoms with E-state index in [9.17, 15) is 4.79 Å². The summed E-state index contributed by atoms with van der Waals surface area (Å²) < 4.78 is 1.70. The molecule has 30 heavy (non-hydrogen) atoms. The molecule has 5 rings (SSSR count). The minimum absolute atomic E-state index is 0.0878. The molecule has 1 unspecified atom stereocenters. The first kappa shape index (κ1) is 19.0. The van der Waals surface area contributed by atoms with Crippen LogP contribution in [0.2, 0.25) is 0 Å². The van der Waals surface area contributed by atoms with Gasteiger partial charge in [-0.15, -0.1) is 15.3 Å². The molecular formula is C23H28N6O. The predicted octanol–water partition coefficient (Wildman–Crippen LogP) is 3.17. The summed E-state index contributed by atoms with van der Waals surface area (Å²) in [5.74, 6) is 1.99. The number of benzene rings is 1. The van der Waals surface area contributed by atoms with Gasteiger partial charge in [-0.2, -0.15) is 4.52 Å². The third-order valence-electron chi connectivity index (χ3n) is 6.59. The van der Waals surface area contributed by atoms with Crippen molar-refractivity contribution >= 4 is 17.4 Å². The van der Waals surface area contributed by atoms with E-state index in [1.807, 2.05) is 18.2 Å². The van der Waals surface area contributed by atoms with Crippen LogP contribution in [0.1, 0.15) is 38.2 Å². The van der Waals surface area contributed by atoms with Crippen LogP contribution in [0.25, 0.3) is 5.65 Å². The summed E-state index contributed by atoms with van der Waals surface area (Å²) in [5, 5.41) is 12.5. The summed E-state index contributed by atoms with van der Waals surface area (Å²) in [6.45, 7) is 4.62. The molecule has 1 atom stereocenters. The van der Waals surface area contributed by atoms with Gasteiger partial charge in [0.25, 0.3) is 0 Å². The Morgan fingerprint density at radius 2 is 1.87 bits per heavy atom.